The van der Waals surface area contributed by atoms with Crippen molar-refractivity contribution in [3.63, 3.8) is 0 Å². The standard InChI is InChI=1S/C19H15ClN6O2/c1-2-25-19(28)13-7-4-3-6-12(13)16(24-25)18(27)23-15-9-5-8-14(20)17(15)26-11-21-10-22-26/h3-11H,2H2,1H3,(H,23,27). The molecule has 4 rings (SSSR count). The number of amides is 1. The first-order valence-corrected chi connectivity index (χ1v) is 8.92. The Morgan fingerprint density at radius 3 is 2.64 bits per heavy atom. The highest BCUT2D eigenvalue weighted by molar-refractivity contribution is 6.33. The molecule has 140 valence electrons. The maximum atomic E-state index is 13.1. The van der Waals surface area contributed by atoms with Crippen LogP contribution in [0, 0.1) is 0 Å². The van der Waals surface area contributed by atoms with E-state index in [0.29, 0.717) is 33.7 Å². The van der Waals surface area contributed by atoms with Crippen LogP contribution in [0.4, 0.5) is 5.69 Å². The molecule has 0 radical (unpaired) electrons. The van der Waals surface area contributed by atoms with Crippen LogP contribution in [0.1, 0.15) is 17.4 Å². The lowest BCUT2D eigenvalue weighted by atomic mass is 10.1. The summed E-state index contributed by atoms with van der Waals surface area (Å²) in [7, 11) is 0. The molecule has 28 heavy (non-hydrogen) atoms. The minimum Gasteiger partial charge on any atom is -0.319 e. The summed E-state index contributed by atoms with van der Waals surface area (Å²) in [5, 5.41) is 12.5. The van der Waals surface area contributed by atoms with Gasteiger partial charge in [0.1, 0.15) is 18.3 Å². The average molecular weight is 395 g/mol. The van der Waals surface area contributed by atoms with Gasteiger partial charge in [0.15, 0.2) is 5.69 Å². The molecule has 0 aliphatic rings. The highest BCUT2D eigenvalue weighted by Gasteiger charge is 2.19. The number of hydrogen-bond acceptors (Lipinski definition) is 5. The third-order valence-electron chi connectivity index (χ3n) is 4.27. The van der Waals surface area contributed by atoms with Crippen molar-refractivity contribution in [1.29, 1.82) is 0 Å². The van der Waals surface area contributed by atoms with Crippen LogP contribution in [0.15, 0.2) is 59.9 Å². The lowest BCUT2D eigenvalue weighted by Crippen LogP contribution is -2.27. The van der Waals surface area contributed by atoms with Crippen molar-refractivity contribution < 1.29 is 4.79 Å². The summed E-state index contributed by atoms with van der Waals surface area (Å²) < 4.78 is 2.74. The van der Waals surface area contributed by atoms with Gasteiger partial charge in [0.25, 0.3) is 11.5 Å². The molecule has 0 saturated heterocycles. The van der Waals surface area contributed by atoms with E-state index < -0.39 is 5.91 Å². The van der Waals surface area contributed by atoms with E-state index in [1.807, 2.05) is 0 Å². The third kappa shape index (κ3) is 3.03. The van der Waals surface area contributed by atoms with Crippen molar-refractivity contribution in [1.82, 2.24) is 24.5 Å². The zero-order chi connectivity index (χ0) is 19.7. The number of fused-ring (bicyclic) bond motifs is 1. The molecule has 0 aliphatic carbocycles. The third-order valence-corrected chi connectivity index (χ3v) is 4.57. The number of aromatic nitrogens is 5. The molecule has 1 amide bonds. The minimum absolute atomic E-state index is 0.154. The molecule has 0 bridgehead atoms. The van der Waals surface area contributed by atoms with Gasteiger partial charge in [0.2, 0.25) is 0 Å². The van der Waals surface area contributed by atoms with Gasteiger partial charge in [0.05, 0.1) is 16.1 Å². The molecule has 2 aromatic heterocycles. The zero-order valence-corrected chi connectivity index (χ0v) is 15.6. The number of para-hydroxylation sites is 1. The van der Waals surface area contributed by atoms with E-state index in [-0.39, 0.29) is 11.3 Å². The molecular formula is C19H15ClN6O2. The highest BCUT2D eigenvalue weighted by Crippen LogP contribution is 2.28. The summed E-state index contributed by atoms with van der Waals surface area (Å²) in [4.78, 5) is 29.5. The largest absolute Gasteiger partial charge is 0.319 e. The molecule has 2 heterocycles. The van der Waals surface area contributed by atoms with E-state index in [9.17, 15) is 9.59 Å². The smallest absolute Gasteiger partial charge is 0.276 e. The average Bonchev–Trinajstić information content (AvgIpc) is 3.23. The van der Waals surface area contributed by atoms with Crippen LogP contribution < -0.4 is 10.9 Å². The molecule has 0 saturated carbocycles. The van der Waals surface area contributed by atoms with Crippen molar-refractivity contribution in [3.8, 4) is 5.69 Å². The van der Waals surface area contributed by atoms with Crippen LogP contribution in [-0.4, -0.2) is 30.5 Å². The van der Waals surface area contributed by atoms with E-state index in [2.05, 4.69) is 20.5 Å². The second-order valence-corrected chi connectivity index (χ2v) is 6.35. The molecule has 0 spiro atoms. The van der Waals surface area contributed by atoms with Gasteiger partial charge in [-0.1, -0.05) is 35.9 Å². The number of rotatable bonds is 4. The molecule has 2 aromatic carbocycles. The fraction of sp³-hybridized carbons (Fsp3) is 0.105. The van der Waals surface area contributed by atoms with Crippen LogP contribution in [0.5, 0.6) is 0 Å². The Balaban J connectivity index is 1.82. The summed E-state index contributed by atoms with van der Waals surface area (Å²) in [6.07, 6.45) is 2.86. The lowest BCUT2D eigenvalue weighted by molar-refractivity contribution is 0.102. The number of carbonyl (C=O) groups excluding carboxylic acids is 1. The van der Waals surface area contributed by atoms with Crippen molar-refractivity contribution in [2.24, 2.45) is 0 Å². The van der Waals surface area contributed by atoms with Gasteiger partial charge >= 0.3 is 0 Å². The summed E-state index contributed by atoms with van der Waals surface area (Å²) in [5.74, 6) is -0.456. The number of hydrogen-bond donors (Lipinski definition) is 1. The van der Waals surface area contributed by atoms with E-state index in [4.69, 9.17) is 11.6 Å². The predicted molar refractivity (Wildman–Crippen MR) is 106 cm³/mol. The first-order valence-electron chi connectivity index (χ1n) is 8.55. The number of carbonyl (C=O) groups is 1. The van der Waals surface area contributed by atoms with Crippen LogP contribution in [0.3, 0.4) is 0 Å². The zero-order valence-electron chi connectivity index (χ0n) is 14.8. The van der Waals surface area contributed by atoms with Gasteiger partial charge in [-0.2, -0.15) is 10.2 Å². The van der Waals surface area contributed by atoms with Gasteiger partial charge in [-0.25, -0.2) is 14.3 Å². The van der Waals surface area contributed by atoms with Crippen LogP contribution in [0.2, 0.25) is 5.02 Å². The number of nitrogens with one attached hydrogen (secondary N) is 1. The molecule has 4 aromatic rings. The number of halogens is 1. The Kier molecular flexibility index (Phi) is 4.62. The maximum Gasteiger partial charge on any atom is 0.276 e. The van der Waals surface area contributed by atoms with Gasteiger partial charge in [-0.05, 0) is 25.1 Å². The quantitative estimate of drug-likeness (QED) is 0.574. The maximum absolute atomic E-state index is 13.1. The Labute approximate surface area is 164 Å². The predicted octanol–water partition coefficient (Wildman–Crippen LogP) is 2.90. The van der Waals surface area contributed by atoms with Crippen molar-refractivity contribution >= 4 is 34.0 Å². The minimum atomic E-state index is -0.456. The Hall–Kier alpha value is -3.52. The van der Waals surface area contributed by atoms with Crippen LogP contribution in [-0.2, 0) is 6.54 Å². The SMILES string of the molecule is CCn1nc(C(=O)Nc2cccc(Cl)c2-n2cncn2)c2ccccc2c1=O. The second-order valence-electron chi connectivity index (χ2n) is 5.95. The Morgan fingerprint density at radius 2 is 1.93 bits per heavy atom. The Bertz CT molecular complexity index is 1230. The van der Waals surface area contributed by atoms with Gasteiger partial charge in [-0.15, -0.1) is 0 Å². The lowest BCUT2D eigenvalue weighted by Gasteiger charge is -2.13. The summed E-state index contributed by atoms with van der Waals surface area (Å²) in [5.41, 5.74) is 0.855. The second kappa shape index (κ2) is 7.24. The summed E-state index contributed by atoms with van der Waals surface area (Å²) in [6.45, 7) is 2.15. The number of anilines is 1. The fourth-order valence-corrected chi connectivity index (χ4v) is 3.23. The van der Waals surface area contributed by atoms with Gasteiger partial charge in [0, 0.05) is 11.9 Å². The normalized spacial score (nSPS) is 10.9. The highest BCUT2D eigenvalue weighted by atomic mass is 35.5. The molecule has 0 fully saturated rings. The summed E-state index contributed by atoms with van der Waals surface area (Å²) in [6, 6.07) is 12.0. The van der Waals surface area contributed by atoms with Gasteiger partial charge < -0.3 is 5.32 Å². The molecule has 0 unspecified atom stereocenters. The van der Waals surface area contributed by atoms with E-state index >= 15 is 0 Å². The first kappa shape index (κ1) is 17.9. The molecule has 0 atom stereocenters. The number of aryl methyl sites for hydroxylation is 1. The Morgan fingerprint density at radius 1 is 1.14 bits per heavy atom. The van der Waals surface area contributed by atoms with Crippen LogP contribution in [0.25, 0.3) is 16.5 Å². The summed E-state index contributed by atoms with van der Waals surface area (Å²) >= 11 is 6.31. The van der Waals surface area contributed by atoms with Crippen LogP contribution >= 0.6 is 11.6 Å². The number of benzene rings is 2. The van der Waals surface area contributed by atoms with E-state index in [1.165, 1.54) is 22.0 Å². The van der Waals surface area contributed by atoms with Crippen molar-refractivity contribution in [2.45, 2.75) is 13.5 Å². The molecule has 0 aliphatic heterocycles. The molecule has 8 nitrogen and oxygen atoms in total. The fourth-order valence-electron chi connectivity index (χ4n) is 2.97. The topological polar surface area (TPSA) is 94.7 Å². The monoisotopic (exact) mass is 394 g/mol. The molecule has 1 N–H and O–H groups in total. The first-order chi connectivity index (χ1) is 13.6. The van der Waals surface area contributed by atoms with Gasteiger partial charge in [-0.3, -0.25) is 9.59 Å². The molecule has 9 heteroatoms. The molecular weight excluding hydrogens is 380 g/mol. The van der Waals surface area contributed by atoms with Crippen molar-refractivity contribution in [3.05, 3.63) is 76.2 Å². The van der Waals surface area contributed by atoms with E-state index in [0.717, 1.165) is 0 Å². The number of nitrogens with zero attached hydrogens (tertiary/aromatic N) is 5. The van der Waals surface area contributed by atoms with E-state index in [1.54, 1.807) is 49.4 Å². The van der Waals surface area contributed by atoms with Crippen molar-refractivity contribution in [2.75, 3.05) is 5.32 Å².